The number of H-pyrrole nitrogens is 1. The van der Waals surface area contributed by atoms with Gasteiger partial charge in [-0.2, -0.15) is 10.2 Å². The van der Waals surface area contributed by atoms with E-state index >= 15 is 0 Å². The normalized spacial score (nSPS) is 13.8. The Hall–Kier alpha value is -3.46. The van der Waals surface area contributed by atoms with E-state index in [9.17, 15) is 5.11 Å². The molecule has 3 rings (SSSR count). The van der Waals surface area contributed by atoms with E-state index in [0.717, 1.165) is 27.9 Å². The summed E-state index contributed by atoms with van der Waals surface area (Å²) >= 11 is 0. The maximum absolute atomic E-state index is 9.45. The summed E-state index contributed by atoms with van der Waals surface area (Å²) in [6.45, 7) is 11.7. The van der Waals surface area contributed by atoms with Crippen molar-refractivity contribution in [2.24, 2.45) is 10.7 Å². The second-order valence-corrected chi connectivity index (χ2v) is 7.42. The number of allylic oxidation sites excluding steroid dienone is 2. The number of aromatic nitrogens is 5. The summed E-state index contributed by atoms with van der Waals surface area (Å²) in [7, 11) is 0. The molecule has 0 spiro atoms. The highest BCUT2D eigenvalue weighted by Gasteiger charge is 2.18. The second-order valence-electron chi connectivity index (χ2n) is 7.42. The Bertz CT molecular complexity index is 1100. The Balaban J connectivity index is 2.09. The van der Waals surface area contributed by atoms with Crippen LogP contribution in [0.4, 0.5) is 0 Å². The van der Waals surface area contributed by atoms with E-state index in [0.29, 0.717) is 11.3 Å². The summed E-state index contributed by atoms with van der Waals surface area (Å²) in [4.78, 5) is 8.63. The third kappa shape index (κ3) is 4.57. The van der Waals surface area contributed by atoms with Crippen molar-refractivity contribution in [1.29, 1.82) is 0 Å². The van der Waals surface area contributed by atoms with Crippen molar-refractivity contribution in [1.82, 2.24) is 30.3 Å². The Labute approximate surface area is 175 Å². The molecule has 0 aliphatic rings. The molecule has 0 unspecified atom stereocenters. The van der Waals surface area contributed by atoms with Crippen LogP contribution in [0.15, 0.2) is 42.2 Å². The molecule has 0 aliphatic heterocycles. The zero-order chi connectivity index (χ0) is 21.8. The van der Waals surface area contributed by atoms with Crippen LogP contribution >= 0.6 is 0 Å². The van der Waals surface area contributed by atoms with Gasteiger partial charge < -0.3 is 16.2 Å². The van der Waals surface area contributed by atoms with Crippen LogP contribution in [0.1, 0.15) is 38.1 Å². The second kappa shape index (κ2) is 8.91. The molecule has 0 aromatic carbocycles. The molecule has 30 heavy (non-hydrogen) atoms. The van der Waals surface area contributed by atoms with Crippen molar-refractivity contribution >= 4 is 22.7 Å². The SMILES string of the molecule is C=C/C=C(\NC(N)=NC[C@H](C)O)c1cn(C(C)C)nc1-c1cnc2n[nH]c(C)c2c1. The minimum Gasteiger partial charge on any atom is -0.391 e. The van der Waals surface area contributed by atoms with Crippen molar-refractivity contribution in [3.8, 4) is 11.3 Å². The maximum Gasteiger partial charge on any atom is 0.193 e. The predicted octanol–water partition coefficient (Wildman–Crippen LogP) is 2.52. The first-order valence-corrected chi connectivity index (χ1v) is 9.78. The summed E-state index contributed by atoms with van der Waals surface area (Å²) in [6, 6.07) is 2.18. The fourth-order valence-corrected chi connectivity index (χ4v) is 2.94. The van der Waals surface area contributed by atoms with Crippen LogP contribution in [0.25, 0.3) is 28.0 Å². The number of aliphatic hydroxyl groups excluding tert-OH is 1. The van der Waals surface area contributed by atoms with Crippen molar-refractivity contribution < 1.29 is 5.11 Å². The summed E-state index contributed by atoms with van der Waals surface area (Å²) in [6.07, 6.45) is 6.62. The first-order chi connectivity index (χ1) is 14.3. The number of pyridine rings is 1. The van der Waals surface area contributed by atoms with Gasteiger partial charge in [0.25, 0.3) is 0 Å². The molecule has 3 aromatic rings. The Morgan fingerprint density at radius 3 is 2.87 bits per heavy atom. The monoisotopic (exact) mass is 408 g/mol. The van der Waals surface area contributed by atoms with Gasteiger partial charge in [0.1, 0.15) is 5.69 Å². The molecule has 1 atom stereocenters. The highest BCUT2D eigenvalue weighted by atomic mass is 16.3. The van der Waals surface area contributed by atoms with Crippen LogP contribution in [0, 0.1) is 6.92 Å². The lowest BCUT2D eigenvalue weighted by Crippen LogP contribution is -2.31. The molecule has 9 heteroatoms. The molecule has 3 aromatic heterocycles. The minimum absolute atomic E-state index is 0.163. The average molecular weight is 409 g/mol. The molecule has 0 saturated carbocycles. The molecule has 9 nitrogen and oxygen atoms in total. The van der Waals surface area contributed by atoms with Gasteiger partial charge in [-0.25, -0.2) is 4.98 Å². The first kappa shape index (κ1) is 21.3. The Kier molecular flexibility index (Phi) is 6.31. The average Bonchev–Trinajstić information content (AvgIpc) is 3.30. The number of aryl methyl sites for hydroxylation is 1. The molecule has 0 saturated heterocycles. The zero-order valence-corrected chi connectivity index (χ0v) is 17.7. The zero-order valence-electron chi connectivity index (χ0n) is 17.7. The van der Waals surface area contributed by atoms with Crippen molar-refractivity contribution in [2.75, 3.05) is 6.54 Å². The number of aliphatic hydroxyl groups is 1. The number of rotatable bonds is 7. The molecule has 0 amide bonds. The van der Waals surface area contributed by atoms with Gasteiger partial charge in [0.05, 0.1) is 18.3 Å². The largest absolute Gasteiger partial charge is 0.391 e. The van der Waals surface area contributed by atoms with E-state index in [2.05, 4.69) is 45.9 Å². The predicted molar refractivity (Wildman–Crippen MR) is 120 cm³/mol. The minimum atomic E-state index is -0.576. The maximum atomic E-state index is 9.45. The van der Waals surface area contributed by atoms with Crippen LogP contribution in [0.2, 0.25) is 0 Å². The highest BCUT2D eigenvalue weighted by molar-refractivity contribution is 5.92. The third-order valence-electron chi connectivity index (χ3n) is 4.50. The molecule has 158 valence electrons. The van der Waals surface area contributed by atoms with E-state index in [1.54, 1.807) is 19.2 Å². The molecule has 3 heterocycles. The van der Waals surface area contributed by atoms with Crippen LogP contribution in [0.3, 0.4) is 0 Å². The molecule has 5 N–H and O–H groups in total. The number of nitrogens with one attached hydrogen (secondary N) is 2. The number of nitrogens with zero attached hydrogens (tertiary/aromatic N) is 5. The number of nitrogens with two attached hydrogens (primary N) is 1. The van der Waals surface area contributed by atoms with E-state index in [1.165, 1.54) is 0 Å². The van der Waals surface area contributed by atoms with Crippen LogP contribution in [-0.2, 0) is 0 Å². The van der Waals surface area contributed by atoms with Gasteiger partial charge in [-0.05, 0) is 39.8 Å². The number of aliphatic imine (C=N–C) groups is 1. The van der Waals surface area contributed by atoms with Gasteiger partial charge in [-0.1, -0.05) is 12.7 Å². The van der Waals surface area contributed by atoms with Crippen molar-refractivity contribution in [2.45, 2.75) is 39.8 Å². The third-order valence-corrected chi connectivity index (χ3v) is 4.50. The molecule has 0 radical (unpaired) electrons. The lowest BCUT2D eigenvalue weighted by atomic mass is 10.1. The lowest BCUT2D eigenvalue weighted by molar-refractivity contribution is 0.204. The van der Waals surface area contributed by atoms with Gasteiger partial charge in [0.15, 0.2) is 11.6 Å². The number of guanidine groups is 1. The van der Waals surface area contributed by atoms with Crippen molar-refractivity contribution in [3.63, 3.8) is 0 Å². The molecular weight excluding hydrogens is 380 g/mol. The highest BCUT2D eigenvalue weighted by Crippen LogP contribution is 2.29. The molecular formula is C21H28N8O. The number of hydrogen-bond donors (Lipinski definition) is 4. The number of aromatic amines is 1. The van der Waals surface area contributed by atoms with E-state index < -0.39 is 6.10 Å². The van der Waals surface area contributed by atoms with Crippen LogP contribution in [0.5, 0.6) is 0 Å². The van der Waals surface area contributed by atoms with E-state index in [1.807, 2.05) is 29.9 Å². The quantitative estimate of drug-likeness (QED) is 0.270. The molecule has 0 bridgehead atoms. The summed E-state index contributed by atoms with van der Waals surface area (Å²) in [5, 5.41) is 25.5. The molecule has 0 aliphatic carbocycles. The summed E-state index contributed by atoms with van der Waals surface area (Å²) < 4.78 is 1.89. The summed E-state index contributed by atoms with van der Waals surface area (Å²) in [5.41, 5.74) is 10.8. The first-order valence-electron chi connectivity index (χ1n) is 9.78. The topological polar surface area (TPSA) is 130 Å². The van der Waals surface area contributed by atoms with Crippen LogP contribution in [-0.4, -0.2) is 48.7 Å². The standard InChI is InChI=1S/C21H28N8O/c1-6-7-18(25-21(22)24-9-13(4)30)17-11-29(12(2)3)28-19(17)15-8-16-14(5)26-27-20(16)23-10-15/h6-8,10-13,30H,1,9H2,2-5H3,(H3,22,24,25)(H,23,26,27)/b18-7-/t13-/m0/s1. The lowest BCUT2D eigenvalue weighted by Gasteiger charge is -2.11. The fourth-order valence-electron chi connectivity index (χ4n) is 2.94. The fraction of sp³-hybridized carbons (Fsp3) is 0.333. The summed E-state index contributed by atoms with van der Waals surface area (Å²) in [5.74, 6) is 0.200. The number of fused-ring (bicyclic) bond motifs is 1. The Morgan fingerprint density at radius 2 is 2.20 bits per heavy atom. The van der Waals surface area contributed by atoms with Gasteiger partial charge in [0, 0.05) is 40.6 Å². The molecule has 0 fully saturated rings. The number of hydrogen-bond acceptors (Lipinski definition) is 5. The Morgan fingerprint density at radius 1 is 1.43 bits per heavy atom. The van der Waals surface area contributed by atoms with Gasteiger partial charge in [-0.3, -0.25) is 14.8 Å². The smallest absolute Gasteiger partial charge is 0.193 e. The van der Waals surface area contributed by atoms with E-state index in [-0.39, 0.29) is 18.5 Å². The van der Waals surface area contributed by atoms with Gasteiger partial charge >= 0.3 is 0 Å². The van der Waals surface area contributed by atoms with E-state index in [4.69, 9.17) is 10.8 Å². The van der Waals surface area contributed by atoms with Gasteiger partial charge in [0.2, 0.25) is 0 Å². The van der Waals surface area contributed by atoms with Gasteiger partial charge in [-0.15, -0.1) is 0 Å². The van der Waals surface area contributed by atoms with Crippen LogP contribution < -0.4 is 11.1 Å². The van der Waals surface area contributed by atoms with Crippen molar-refractivity contribution in [3.05, 3.63) is 48.4 Å².